The third kappa shape index (κ3) is 5.87. The molecule has 0 atom stereocenters. The van der Waals surface area contributed by atoms with Crippen LogP contribution in [0.15, 0.2) is 206 Å². The summed E-state index contributed by atoms with van der Waals surface area (Å²) in [5, 5.41) is 4.92. The Morgan fingerprint density at radius 2 is 0.898 bits per heavy atom. The Balaban J connectivity index is 1.03. The van der Waals surface area contributed by atoms with Crippen LogP contribution < -0.4 is 0 Å². The molecule has 0 bridgehead atoms. The number of aromatic nitrogens is 2. The maximum atomic E-state index is 5.35. The van der Waals surface area contributed by atoms with E-state index in [0.29, 0.717) is 5.82 Å². The number of nitrogens with zero attached hydrogens (tertiary/aromatic N) is 2. The first-order valence-corrected chi connectivity index (χ1v) is 20.4. The van der Waals surface area contributed by atoms with E-state index in [4.69, 9.17) is 9.97 Å². The SMILES string of the molecule is CC1(C)c2ccc(-c3cccc(-c4ccc(-c5nc(-c6ccccc6)cc(-c6ccccc6-c6ccccc6)n5)c5ccccc45)c3)cc2-c2ccc3ccccc3c21. The summed E-state index contributed by atoms with van der Waals surface area (Å²) in [4.78, 5) is 10.6. The van der Waals surface area contributed by atoms with E-state index >= 15 is 0 Å². The van der Waals surface area contributed by atoms with E-state index in [0.717, 1.165) is 44.6 Å². The molecule has 0 spiro atoms. The van der Waals surface area contributed by atoms with E-state index < -0.39 is 0 Å². The predicted molar refractivity (Wildman–Crippen MR) is 247 cm³/mol. The standard InChI is InChI=1S/C57H40N2/c1-57(2)52-33-29-41(35-51(52)49-30-28-38-18-9-10-24-45(38)55(49)57)40-21-15-22-42(34-40)44-31-32-50(47-26-13-12-25-46(44)47)56-58-53(39-19-7-4-8-20-39)36-54(59-56)48-27-14-11-23-43(48)37-16-5-3-6-17-37/h3-36H,1-2H3. The van der Waals surface area contributed by atoms with E-state index in [1.807, 2.05) is 6.07 Å². The van der Waals surface area contributed by atoms with Crippen molar-refractivity contribution in [3.8, 4) is 78.4 Å². The second-order valence-corrected chi connectivity index (χ2v) is 16.1. The Morgan fingerprint density at radius 3 is 1.69 bits per heavy atom. The van der Waals surface area contributed by atoms with Crippen molar-refractivity contribution in [1.29, 1.82) is 0 Å². The highest BCUT2D eigenvalue weighted by Gasteiger charge is 2.37. The second kappa shape index (κ2) is 13.9. The summed E-state index contributed by atoms with van der Waals surface area (Å²) in [6.07, 6.45) is 0. The number of hydrogen-bond donors (Lipinski definition) is 0. The van der Waals surface area contributed by atoms with Crippen LogP contribution in [0.1, 0.15) is 25.0 Å². The average molecular weight is 753 g/mol. The topological polar surface area (TPSA) is 25.8 Å². The number of rotatable bonds is 6. The highest BCUT2D eigenvalue weighted by atomic mass is 14.9. The van der Waals surface area contributed by atoms with Crippen LogP contribution in [-0.2, 0) is 5.41 Å². The van der Waals surface area contributed by atoms with Crippen LogP contribution in [0.4, 0.5) is 0 Å². The summed E-state index contributed by atoms with van der Waals surface area (Å²) in [6.45, 7) is 4.74. The summed E-state index contributed by atoms with van der Waals surface area (Å²) < 4.78 is 0. The van der Waals surface area contributed by atoms with Gasteiger partial charge in [0.15, 0.2) is 5.82 Å². The first kappa shape index (κ1) is 34.8. The molecule has 11 rings (SSSR count). The fourth-order valence-electron chi connectivity index (χ4n) is 9.45. The van der Waals surface area contributed by atoms with Crippen LogP contribution in [-0.4, -0.2) is 9.97 Å². The van der Waals surface area contributed by atoms with E-state index in [9.17, 15) is 0 Å². The molecule has 278 valence electrons. The number of benzene rings is 9. The van der Waals surface area contributed by atoms with Gasteiger partial charge in [-0.05, 0) is 101 Å². The Kier molecular flexibility index (Phi) is 8.20. The van der Waals surface area contributed by atoms with Gasteiger partial charge in [0.25, 0.3) is 0 Å². The molecule has 0 saturated heterocycles. The van der Waals surface area contributed by atoms with Gasteiger partial charge in [-0.3, -0.25) is 0 Å². The van der Waals surface area contributed by atoms with Gasteiger partial charge in [-0.1, -0.05) is 196 Å². The predicted octanol–water partition coefficient (Wildman–Crippen LogP) is 15.1. The molecular weight excluding hydrogens is 713 g/mol. The third-order valence-electron chi connectivity index (χ3n) is 12.3. The monoisotopic (exact) mass is 752 g/mol. The summed E-state index contributed by atoms with van der Waals surface area (Å²) in [7, 11) is 0. The van der Waals surface area contributed by atoms with Crippen molar-refractivity contribution in [2.75, 3.05) is 0 Å². The van der Waals surface area contributed by atoms with Crippen molar-refractivity contribution in [2.24, 2.45) is 0 Å². The lowest BCUT2D eigenvalue weighted by molar-refractivity contribution is 0.666. The molecule has 1 heterocycles. The van der Waals surface area contributed by atoms with Crippen molar-refractivity contribution < 1.29 is 0 Å². The summed E-state index contributed by atoms with van der Waals surface area (Å²) in [5.74, 6) is 0.704. The molecule has 2 nitrogen and oxygen atoms in total. The van der Waals surface area contributed by atoms with Gasteiger partial charge >= 0.3 is 0 Å². The maximum absolute atomic E-state index is 5.35. The molecule has 0 fully saturated rings. The van der Waals surface area contributed by atoms with Gasteiger partial charge in [0.2, 0.25) is 0 Å². The van der Waals surface area contributed by atoms with E-state index in [1.165, 1.54) is 60.7 Å². The maximum Gasteiger partial charge on any atom is 0.161 e. The Labute approximate surface area is 345 Å². The van der Waals surface area contributed by atoms with Crippen molar-refractivity contribution in [3.63, 3.8) is 0 Å². The smallest absolute Gasteiger partial charge is 0.161 e. The highest BCUT2D eigenvalue weighted by Crippen LogP contribution is 2.52. The third-order valence-corrected chi connectivity index (χ3v) is 12.3. The highest BCUT2D eigenvalue weighted by molar-refractivity contribution is 6.05. The van der Waals surface area contributed by atoms with Gasteiger partial charge in [0, 0.05) is 22.1 Å². The Bertz CT molecular complexity index is 3230. The van der Waals surface area contributed by atoms with Gasteiger partial charge in [-0.25, -0.2) is 9.97 Å². The molecule has 1 aromatic heterocycles. The molecule has 0 N–H and O–H groups in total. The minimum atomic E-state index is -0.0804. The van der Waals surface area contributed by atoms with Crippen LogP contribution in [0.2, 0.25) is 0 Å². The van der Waals surface area contributed by atoms with Crippen molar-refractivity contribution in [1.82, 2.24) is 9.97 Å². The summed E-state index contributed by atoms with van der Waals surface area (Å²) in [5.41, 5.74) is 17.4. The van der Waals surface area contributed by atoms with Crippen molar-refractivity contribution >= 4 is 21.5 Å². The van der Waals surface area contributed by atoms with E-state index in [2.05, 4.69) is 214 Å². The zero-order chi connectivity index (χ0) is 39.5. The van der Waals surface area contributed by atoms with Crippen LogP contribution in [0.25, 0.3) is 100.0 Å². The lowest BCUT2D eigenvalue weighted by atomic mass is 9.80. The van der Waals surface area contributed by atoms with Crippen LogP contribution in [0.5, 0.6) is 0 Å². The molecule has 0 amide bonds. The number of hydrogen-bond acceptors (Lipinski definition) is 2. The van der Waals surface area contributed by atoms with Gasteiger partial charge < -0.3 is 0 Å². The Hall–Kier alpha value is -7.42. The lowest BCUT2D eigenvalue weighted by Crippen LogP contribution is -2.15. The average Bonchev–Trinajstić information content (AvgIpc) is 3.54. The molecule has 1 aliphatic carbocycles. The fraction of sp³-hybridized carbons (Fsp3) is 0.0526. The Morgan fingerprint density at radius 1 is 0.322 bits per heavy atom. The first-order valence-electron chi connectivity index (χ1n) is 20.4. The molecular formula is C57H40N2. The van der Waals surface area contributed by atoms with E-state index in [-0.39, 0.29) is 5.41 Å². The fourth-order valence-corrected chi connectivity index (χ4v) is 9.45. The normalized spacial score (nSPS) is 12.7. The van der Waals surface area contributed by atoms with Crippen molar-refractivity contribution in [3.05, 3.63) is 217 Å². The molecule has 59 heavy (non-hydrogen) atoms. The van der Waals surface area contributed by atoms with Crippen LogP contribution in [0.3, 0.4) is 0 Å². The van der Waals surface area contributed by atoms with Gasteiger partial charge in [-0.15, -0.1) is 0 Å². The van der Waals surface area contributed by atoms with Crippen LogP contribution >= 0.6 is 0 Å². The summed E-state index contributed by atoms with van der Waals surface area (Å²) in [6, 6.07) is 74.2. The minimum Gasteiger partial charge on any atom is -0.228 e. The molecule has 2 heteroatoms. The quantitative estimate of drug-likeness (QED) is 0.169. The second-order valence-electron chi connectivity index (χ2n) is 16.1. The van der Waals surface area contributed by atoms with Crippen LogP contribution in [0, 0.1) is 0 Å². The molecule has 10 aromatic rings. The molecule has 9 aromatic carbocycles. The molecule has 0 aliphatic heterocycles. The van der Waals surface area contributed by atoms with Gasteiger partial charge in [0.05, 0.1) is 11.4 Å². The summed E-state index contributed by atoms with van der Waals surface area (Å²) >= 11 is 0. The zero-order valence-corrected chi connectivity index (χ0v) is 33.0. The molecule has 0 saturated carbocycles. The van der Waals surface area contributed by atoms with E-state index in [1.54, 1.807) is 0 Å². The lowest BCUT2D eigenvalue weighted by Gasteiger charge is -2.23. The van der Waals surface area contributed by atoms with Gasteiger partial charge in [0.1, 0.15) is 0 Å². The molecule has 1 aliphatic rings. The first-order chi connectivity index (χ1) is 29.0. The number of fused-ring (bicyclic) bond motifs is 6. The van der Waals surface area contributed by atoms with Gasteiger partial charge in [-0.2, -0.15) is 0 Å². The minimum absolute atomic E-state index is 0.0804. The van der Waals surface area contributed by atoms with Crippen molar-refractivity contribution in [2.45, 2.75) is 19.3 Å². The molecule has 0 radical (unpaired) electrons. The zero-order valence-electron chi connectivity index (χ0n) is 33.0. The largest absolute Gasteiger partial charge is 0.228 e. The molecule has 0 unspecified atom stereocenters.